The van der Waals surface area contributed by atoms with E-state index in [9.17, 15) is 0 Å². The Kier molecular flexibility index (Phi) is 8.80. The number of hydrogen-bond donors (Lipinski definition) is 0. The summed E-state index contributed by atoms with van der Waals surface area (Å²) in [6, 6.07) is 16.9. The third-order valence-electron chi connectivity index (χ3n) is 5.70. The SMILES string of the molecule is C=C(C)COCC(CN(Cc1ccc(OC)cc1)c1cccc(OC)c1)N1CCCC1. The van der Waals surface area contributed by atoms with Gasteiger partial charge in [0.2, 0.25) is 0 Å². The summed E-state index contributed by atoms with van der Waals surface area (Å²) in [5.74, 6) is 1.74. The van der Waals surface area contributed by atoms with E-state index >= 15 is 0 Å². The highest BCUT2D eigenvalue weighted by molar-refractivity contribution is 5.51. The fourth-order valence-electron chi connectivity index (χ4n) is 4.02. The van der Waals surface area contributed by atoms with Crippen LogP contribution in [0.1, 0.15) is 25.3 Å². The summed E-state index contributed by atoms with van der Waals surface area (Å²) in [5, 5.41) is 0. The molecule has 31 heavy (non-hydrogen) atoms. The summed E-state index contributed by atoms with van der Waals surface area (Å²) in [6.07, 6.45) is 2.52. The molecule has 0 saturated carbocycles. The zero-order valence-corrected chi connectivity index (χ0v) is 19.2. The van der Waals surface area contributed by atoms with Crippen LogP contribution in [0.5, 0.6) is 11.5 Å². The Bertz CT molecular complexity index is 816. The van der Waals surface area contributed by atoms with Crippen LogP contribution in [0, 0.1) is 0 Å². The summed E-state index contributed by atoms with van der Waals surface area (Å²) in [7, 11) is 3.41. The average molecular weight is 425 g/mol. The van der Waals surface area contributed by atoms with Crippen LogP contribution in [0.15, 0.2) is 60.7 Å². The highest BCUT2D eigenvalue weighted by atomic mass is 16.5. The molecule has 0 aromatic heterocycles. The second kappa shape index (κ2) is 11.8. The Labute approximate surface area is 187 Å². The van der Waals surface area contributed by atoms with E-state index in [4.69, 9.17) is 14.2 Å². The molecule has 2 aromatic rings. The maximum absolute atomic E-state index is 6.02. The van der Waals surface area contributed by atoms with Gasteiger partial charge in [0.1, 0.15) is 11.5 Å². The van der Waals surface area contributed by atoms with Crippen LogP contribution in [0.2, 0.25) is 0 Å². The van der Waals surface area contributed by atoms with Gasteiger partial charge in [0.15, 0.2) is 0 Å². The summed E-state index contributed by atoms with van der Waals surface area (Å²) >= 11 is 0. The predicted molar refractivity (Wildman–Crippen MR) is 127 cm³/mol. The maximum Gasteiger partial charge on any atom is 0.120 e. The smallest absolute Gasteiger partial charge is 0.120 e. The molecule has 0 N–H and O–H groups in total. The number of ether oxygens (including phenoxy) is 3. The molecule has 168 valence electrons. The van der Waals surface area contributed by atoms with Gasteiger partial charge < -0.3 is 19.1 Å². The summed E-state index contributed by atoms with van der Waals surface area (Å²) in [4.78, 5) is 5.00. The summed E-state index contributed by atoms with van der Waals surface area (Å²) in [6.45, 7) is 11.3. The first-order valence-corrected chi connectivity index (χ1v) is 11.1. The molecule has 0 aliphatic carbocycles. The van der Waals surface area contributed by atoms with Crippen molar-refractivity contribution in [3.8, 4) is 11.5 Å². The Morgan fingerprint density at radius 2 is 1.74 bits per heavy atom. The molecule has 2 aromatic carbocycles. The summed E-state index contributed by atoms with van der Waals surface area (Å²) < 4.78 is 16.8. The molecule has 5 heteroatoms. The van der Waals surface area contributed by atoms with Crippen molar-refractivity contribution in [2.45, 2.75) is 32.4 Å². The van der Waals surface area contributed by atoms with Gasteiger partial charge in [0.05, 0.1) is 33.5 Å². The normalized spacial score (nSPS) is 14.9. The predicted octanol–water partition coefficient (Wildman–Crippen LogP) is 4.77. The van der Waals surface area contributed by atoms with Crippen LogP contribution in [-0.2, 0) is 11.3 Å². The van der Waals surface area contributed by atoms with Crippen molar-refractivity contribution < 1.29 is 14.2 Å². The molecule has 1 aliphatic heterocycles. The Hall–Kier alpha value is -2.50. The molecule has 1 heterocycles. The van der Waals surface area contributed by atoms with Crippen molar-refractivity contribution in [2.75, 3.05) is 52.0 Å². The molecule has 0 bridgehead atoms. The van der Waals surface area contributed by atoms with E-state index in [2.05, 4.69) is 46.7 Å². The minimum Gasteiger partial charge on any atom is -0.497 e. The highest BCUT2D eigenvalue weighted by Gasteiger charge is 2.25. The van der Waals surface area contributed by atoms with E-state index in [1.54, 1.807) is 14.2 Å². The van der Waals surface area contributed by atoms with E-state index in [0.717, 1.165) is 48.9 Å². The zero-order chi connectivity index (χ0) is 22.1. The second-order valence-corrected chi connectivity index (χ2v) is 8.30. The lowest BCUT2D eigenvalue weighted by atomic mass is 10.1. The van der Waals surface area contributed by atoms with E-state index < -0.39 is 0 Å². The quantitative estimate of drug-likeness (QED) is 0.459. The number of rotatable bonds is 12. The fourth-order valence-corrected chi connectivity index (χ4v) is 4.02. The molecule has 1 saturated heterocycles. The molecule has 1 fully saturated rings. The first-order valence-electron chi connectivity index (χ1n) is 11.1. The molecule has 0 amide bonds. The van der Waals surface area contributed by atoms with Crippen molar-refractivity contribution in [3.05, 3.63) is 66.2 Å². The number of benzene rings is 2. The topological polar surface area (TPSA) is 34.2 Å². The molecular formula is C26H36N2O3. The van der Waals surface area contributed by atoms with Gasteiger partial charge in [-0.2, -0.15) is 0 Å². The standard InChI is InChI=1S/C26H36N2O3/c1-21(2)19-31-20-24(27-14-5-6-15-27)18-28(23-8-7-9-26(16-23)30-4)17-22-10-12-25(29-3)13-11-22/h7-13,16,24H,1,5-6,14-15,17-20H2,2-4H3. The highest BCUT2D eigenvalue weighted by Crippen LogP contribution is 2.25. The van der Waals surface area contributed by atoms with Gasteiger partial charge in [-0.3, -0.25) is 4.90 Å². The fraction of sp³-hybridized carbons (Fsp3) is 0.462. The molecule has 3 rings (SSSR count). The van der Waals surface area contributed by atoms with Crippen molar-refractivity contribution in [3.63, 3.8) is 0 Å². The van der Waals surface area contributed by atoms with Gasteiger partial charge in [-0.25, -0.2) is 0 Å². The Balaban J connectivity index is 1.81. The molecule has 1 atom stereocenters. The first-order chi connectivity index (χ1) is 15.1. The minimum atomic E-state index is 0.325. The Morgan fingerprint density at radius 1 is 1.03 bits per heavy atom. The number of methoxy groups -OCH3 is 2. The summed E-state index contributed by atoms with van der Waals surface area (Å²) in [5.41, 5.74) is 3.45. The third-order valence-corrected chi connectivity index (χ3v) is 5.70. The second-order valence-electron chi connectivity index (χ2n) is 8.30. The number of likely N-dealkylation sites (tertiary alicyclic amines) is 1. The van der Waals surface area contributed by atoms with Gasteiger partial charge in [-0.05, 0) is 62.7 Å². The van der Waals surface area contributed by atoms with Crippen LogP contribution >= 0.6 is 0 Å². The average Bonchev–Trinajstić information content (AvgIpc) is 3.33. The largest absolute Gasteiger partial charge is 0.497 e. The van der Waals surface area contributed by atoms with E-state index in [-0.39, 0.29) is 0 Å². The molecule has 1 aliphatic rings. The van der Waals surface area contributed by atoms with Crippen LogP contribution < -0.4 is 14.4 Å². The molecule has 5 nitrogen and oxygen atoms in total. The van der Waals surface area contributed by atoms with Crippen LogP contribution in [-0.4, -0.2) is 58.0 Å². The van der Waals surface area contributed by atoms with Crippen molar-refractivity contribution in [1.82, 2.24) is 4.90 Å². The lowest BCUT2D eigenvalue weighted by Crippen LogP contribution is -2.45. The van der Waals surface area contributed by atoms with Gasteiger partial charge in [-0.15, -0.1) is 0 Å². The monoisotopic (exact) mass is 424 g/mol. The van der Waals surface area contributed by atoms with E-state index in [0.29, 0.717) is 19.3 Å². The minimum absolute atomic E-state index is 0.325. The third kappa shape index (κ3) is 7.01. The van der Waals surface area contributed by atoms with E-state index in [1.807, 2.05) is 25.1 Å². The lowest BCUT2D eigenvalue weighted by molar-refractivity contribution is 0.0844. The van der Waals surface area contributed by atoms with Gasteiger partial charge in [-0.1, -0.05) is 30.4 Å². The van der Waals surface area contributed by atoms with Gasteiger partial charge in [0.25, 0.3) is 0 Å². The first kappa shape index (κ1) is 23.2. The Morgan fingerprint density at radius 3 is 2.39 bits per heavy atom. The number of nitrogens with zero attached hydrogens (tertiary/aromatic N) is 2. The maximum atomic E-state index is 6.02. The van der Waals surface area contributed by atoms with E-state index in [1.165, 1.54) is 18.4 Å². The molecule has 0 radical (unpaired) electrons. The van der Waals surface area contributed by atoms with Crippen molar-refractivity contribution >= 4 is 5.69 Å². The van der Waals surface area contributed by atoms with Crippen LogP contribution in [0.3, 0.4) is 0 Å². The molecule has 1 unspecified atom stereocenters. The van der Waals surface area contributed by atoms with Crippen molar-refractivity contribution in [1.29, 1.82) is 0 Å². The van der Waals surface area contributed by atoms with Gasteiger partial charge in [0, 0.05) is 24.8 Å². The number of anilines is 1. The number of hydrogen-bond acceptors (Lipinski definition) is 5. The molecule has 0 spiro atoms. The lowest BCUT2D eigenvalue weighted by Gasteiger charge is -2.34. The van der Waals surface area contributed by atoms with Crippen LogP contribution in [0.4, 0.5) is 5.69 Å². The zero-order valence-electron chi connectivity index (χ0n) is 19.2. The molecular weight excluding hydrogens is 388 g/mol. The van der Waals surface area contributed by atoms with Crippen molar-refractivity contribution in [2.24, 2.45) is 0 Å². The van der Waals surface area contributed by atoms with Gasteiger partial charge >= 0.3 is 0 Å². The van der Waals surface area contributed by atoms with Crippen LogP contribution in [0.25, 0.3) is 0 Å².